The highest BCUT2D eigenvalue weighted by Crippen LogP contribution is 2.31. The van der Waals surface area contributed by atoms with E-state index in [9.17, 15) is 18.0 Å². The minimum Gasteiger partial charge on any atom is -0.485 e. The lowest BCUT2D eigenvalue weighted by Crippen LogP contribution is -2.54. The molecule has 2 aliphatic rings. The summed E-state index contributed by atoms with van der Waals surface area (Å²) in [5.41, 5.74) is 0.244. The molecule has 0 unspecified atom stereocenters. The van der Waals surface area contributed by atoms with E-state index < -0.39 is 15.9 Å². The van der Waals surface area contributed by atoms with Crippen LogP contribution in [0.2, 0.25) is 5.02 Å². The Morgan fingerprint density at radius 3 is 2.48 bits per heavy atom. The van der Waals surface area contributed by atoms with Gasteiger partial charge in [-0.3, -0.25) is 14.5 Å². The summed E-state index contributed by atoms with van der Waals surface area (Å²) < 4.78 is 34.9. The van der Waals surface area contributed by atoms with Gasteiger partial charge in [-0.15, -0.1) is 0 Å². The molecule has 1 N–H and O–H groups in total. The third-order valence-electron chi connectivity index (χ3n) is 5.48. The number of amides is 2. The Hall–Kier alpha value is -2.82. The molecule has 0 spiro atoms. The van der Waals surface area contributed by atoms with Gasteiger partial charge < -0.3 is 19.7 Å². The molecule has 11 heteroatoms. The number of benzene rings is 2. The van der Waals surface area contributed by atoms with E-state index in [1.54, 1.807) is 17.0 Å². The number of rotatable bonds is 5. The number of ether oxygens (including phenoxy) is 2. The van der Waals surface area contributed by atoms with Gasteiger partial charge in [0.15, 0.2) is 21.3 Å². The molecule has 0 bridgehead atoms. The van der Waals surface area contributed by atoms with Gasteiger partial charge in [0, 0.05) is 32.4 Å². The zero-order chi connectivity index (χ0) is 23.6. The predicted molar refractivity (Wildman–Crippen MR) is 123 cm³/mol. The van der Waals surface area contributed by atoms with Crippen LogP contribution in [0.25, 0.3) is 0 Å². The van der Waals surface area contributed by atoms with E-state index in [1.807, 2.05) is 17.0 Å². The molecule has 2 aromatic rings. The van der Waals surface area contributed by atoms with Gasteiger partial charge in [0.25, 0.3) is 5.91 Å². The van der Waals surface area contributed by atoms with Crippen LogP contribution in [0, 0.1) is 0 Å². The third kappa shape index (κ3) is 5.58. The molecule has 9 nitrogen and oxygen atoms in total. The second kappa shape index (κ2) is 9.58. The predicted octanol–water partition coefficient (Wildman–Crippen LogP) is 1.67. The number of piperazine rings is 1. The van der Waals surface area contributed by atoms with E-state index in [4.69, 9.17) is 21.1 Å². The number of carbonyl (C=O) groups excluding carboxylic acids is 2. The summed E-state index contributed by atoms with van der Waals surface area (Å²) in [7, 11) is -3.42. The SMILES string of the molecule is CS(=O)(=O)c1ccc(Cl)c(NC(=O)CN2CCN(C(=O)[C@@H]3COc4ccccc4O3)CC2)c1. The van der Waals surface area contributed by atoms with Crippen LogP contribution in [0.3, 0.4) is 0 Å². The molecule has 2 heterocycles. The van der Waals surface area contributed by atoms with Gasteiger partial charge in [-0.25, -0.2) is 8.42 Å². The molecule has 176 valence electrons. The van der Waals surface area contributed by atoms with Crippen molar-refractivity contribution in [2.75, 3.05) is 50.9 Å². The Morgan fingerprint density at radius 2 is 1.79 bits per heavy atom. The van der Waals surface area contributed by atoms with Crippen molar-refractivity contribution >= 4 is 38.9 Å². The summed E-state index contributed by atoms with van der Waals surface area (Å²) in [5.74, 6) is 0.719. The van der Waals surface area contributed by atoms with Crippen LogP contribution in [0.15, 0.2) is 47.4 Å². The highest BCUT2D eigenvalue weighted by molar-refractivity contribution is 7.90. The Kier molecular flexibility index (Phi) is 6.78. The Morgan fingerprint density at radius 1 is 1.09 bits per heavy atom. The molecule has 33 heavy (non-hydrogen) atoms. The molecular formula is C22H24ClN3O6S. The van der Waals surface area contributed by atoms with Crippen molar-refractivity contribution in [2.45, 2.75) is 11.0 Å². The van der Waals surface area contributed by atoms with Crippen molar-refractivity contribution in [3.63, 3.8) is 0 Å². The van der Waals surface area contributed by atoms with E-state index in [2.05, 4.69) is 5.32 Å². The van der Waals surface area contributed by atoms with Gasteiger partial charge in [-0.1, -0.05) is 23.7 Å². The molecular weight excluding hydrogens is 470 g/mol. The normalized spacial score (nSPS) is 18.6. The molecule has 2 aliphatic heterocycles. The van der Waals surface area contributed by atoms with Crippen molar-refractivity contribution in [3.05, 3.63) is 47.5 Å². The Bertz CT molecular complexity index is 1160. The smallest absolute Gasteiger partial charge is 0.267 e. The average molecular weight is 494 g/mol. The van der Waals surface area contributed by atoms with Crippen LogP contribution in [-0.4, -0.2) is 81.7 Å². The van der Waals surface area contributed by atoms with Crippen LogP contribution in [0.5, 0.6) is 11.5 Å². The first-order chi connectivity index (χ1) is 15.7. The van der Waals surface area contributed by atoms with Crippen molar-refractivity contribution in [3.8, 4) is 11.5 Å². The van der Waals surface area contributed by atoms with Crippen molar-refractivity contribution in [1.82, 2.24) is 9.80 Å². The van der Waals surface area contributed by atoms with Gasteiger partial charge in [0.05, 0.1) is 22.2 Å². The van der Waals surface area contributed by atoms with Crippen molar-refractivity contribution in [1.29, 1.82) is 0 Å². The van der Waals surface area contributed by atoms with E-state index in [1.165, 1.54) is 18.2 Å². The molecule has 2 aromatic carbocycles. The third-order valence-corrected chi connectivity index (χ3v) is 6.92. The van der Waals surface area contributed by atoms with E-state index >= 15 is 0 Å². The van der Waals surface area contributed by atoms with Crippen LogP contribution in [0.1, 0.15) is 0 Å². The number of carbonyl (C=O) groups is 2. The summed E-state index contributed by atoms with van der Waals surface area (Å²) in [4.78, 5) is 29.0. The van der Waals surface area contributed by atoms with Crippen LogP contribution in [-0.2, 0) is 19.4 Å². The summed E-state index contributed by atoms with van der Waals surface area (Å²) >= 11 is 6.10. The van der Waals surface area contributed by atoms with Gasteiger partial charge in [0.1, 0.15) is 6.61 Å². The lowest BCUT2D eigenvalue weighted by molar-refractivity contribution is -0.143. The van der Waals surface area contributed by atoms with Crippen LogP contribution in [0.4, 0.5) is 5.69 Å². The Labute approximate surface area is 197 Å². The lowest BCUT2D eigenvalue weighted by atomic mass is 10.2. The van der Waals surface area contributed by atoms with E-state index in [0.29, 0.717) is 37.7 Å². The maximum atomic E-state index is 12.8. The second-order valence-corrected chi connectivity index (χ2v) is 10.4. The molecule has 0 radical (unpaired) electrons. The monoisotopic (exact) mass is 493 g/mol. The van der Waals surface area contributed by atoms with Crippen molar-refractivity contribution in [2.24, 2.45) is 0 Å². The topological polar surface area (TPSA) is 105 Å². The summed E-state index contributed by atoms with van der Waals surface area (Å²) in [6, 6.07) is 11.4. The summed E-state index contributed by atoms with van der Waals surface area (Å²) in [5, 5.41) is 2.92. The molecule has 1 fully saturated rings. The zero-order valence-electron chi connectivity index (χ0n) is 18.0. The number of halogens is 1. The molecule has 1 saturated heterocycles. The first-order valence-electron chi connectivity index (χ1n) is 10.4. The van der Waals surface area contributed by atoms with Crippen molar-refractivity contribution < 1.29 is 27.5 Å². The highest BCUT2D eigenvalue weighted by atomic mass is 35.5. The number of hydrogen-bond donors (Lipinski definition) is 1. The largest absolute Gasteiger partial charge is 0.485 e. The summed E-state index contributed by atoms with van der Waals surface area (Å²) in [6.07, 6.45) is 0.394. The first kappa shape index (κ1) is 23.3. The fourth-order valence-corrected chi connectivity index (χ4v) is 4.51. The number of nitrogens with one attached hydrogen (secondary N) is 1. The fraction of sp³-hybridized carbons (Fsp3) is 0.364. The van der Waals surface area contributed by atoms with Gasteiger partial charge >= 0.3 is 0 Å². The van der Waals surface area contributed by atoms with E-state index in [-0.39, 0.29) is 40.6 Å². The molecule has 1 atom stereocenters. The Balaban J connectivity index is 1.28. The maximum absolute atomic E-state index is 12.8. The molecule has 0 aromatic heterocycles. The first-order valence-corrected chi connectivity index (χ1v) is 12.7. The highest BCUT2D eigenvalue weighted by Gasteiger charge is 2.33. The van der Waals surface area contributed by atoms with E-state index in [0.717, 1.165) is 6.26 Å². The van der Waals surface area contributed by atoms with Gasteiger partial charge in [-0.2, -0.15) is 0 Å². The van der Waals surface area contributed by atoms with Gasteiger partial charge in [-0.05, 0) is 30.3 Å². The lowest BCUT2D eigenvalue weighted by Gasteiger charge is -2.36. The number of para-hydroxylation sites is 2. The maximum Gasteiger partial charge on any atom is 0.267 e. The quantitative estimate of drug-likeness (QED) is 0.675. The number of hydrogen-bond acceptors (Lipinski definition) is 7. The van der Waals surface area contributed by atoms with Crippen LogP contribution < -0.4 is 14.8 Å². The number of anilines is 1. The number of sulfone groups is 1. The fourth-order valence-electron chi connectivity index (χ4n) is 3.69. The molecule has 4 rings (SSSR count). The second-order valence-electron chi connectivity index (χ2n) is 7.93. The summed E-state index contributed by atoms with van der Waals surface area (Å²) in [6.45, 7) is 2.19. The average Bonchev–Trinajstić information content (AvgIpc) is 2.79. The molecule has 0 saturated carbocycles. The minimum atomic E-state index is -3.42. The number of fused-ring (bicyclic) bond motifs is 1. The van der Waals surface area contributed by atoms with Crippen LogP contribution >= 0.6 is 11.6 Å². The number of nitrogens with zero attached hydrogens (tertiary/aromatic N) is 2. The molecule has 2 amide bonds. The zero-order valence-corrected chi connectivity index (χ0v) is 19.6. The minimum absolute atomic E-state index is 0.0749. The standard InChI is InChI=1S/C22H24ClN3O6S/c1-33(29,30)15-6-7-16(23)17(12-15)24-21(27)13-25-8-10-26(11-9-25)22(28)20-14-31-18-4-2-3-5-19(18)32-20/h2-7,12,20H,8-11,13-14H2,1H3,(H,24,27)/t20-/m0/s1. The molecule has 0 aliphatic carbocycles. The van der Waals surface area contributed by atoms with Gasteiger partial charge in [0.2, 0.25) is 12.0 Å².